The van der Waals surface area contributed by atoms with E-state index in [1.165, 1.54) is 48.5 Å². The van der Waals surface area contributed by atoms with Crippen LogP contribution in [0.15, 0.2) is 78.9 Å². The molecule has 0 aromatic heterocycles. The first-order valence-electron chi connectivity index (χ1n) is 14.1. The Morgan fingerprint density at radius 2 is 1.02 bits per heavy atom. The van der Waals surface area contributed by atoms with E-state index >= 15 is 0 Å². The number of benzene rings is 3. The Balaban J connectivity index is 1.80. The van der Waals surface area contributed by atoms with Crippen molar-refractivity contribution < 1.29 is 44.4 Å². The Morgan fingerprint density at radius 3 is 1.53 bits per heavy atom. The lowest BCUT2D eigenvalue weighted by Gasteiger charge is -2.25. The quantitative estimate of drug-likeness (QED) is 0.113. The highest BCUT2D eigenvalue weighted by atomic mass is 16.4. The number of carboxylic acid groups (broad SMARTS) is 2. The number of phenolic OH excluding ortho intramolecular Hbond substituents is 2. The second-order valence-corrected chi connectivity index (χ2v) is 10.5. The largest absolute Gasteiger partial charge is 0.508 e. The van der Waals surface area contributed by atoms with E-state index in [0.29, 0.717) is 11.1 Å². The zero-order chi connectivity index (χ0) is 32.9. The van der Waals surface area contributed by atoms with Gasteiger partial charge in [-0.1, -0.05) is 54.6 Å². The number of aromatic hydroxyl groups is 2. The molecule has 0 fully saturated rings. The molecule has 0 aliphatic heterocycles. The number of phenols is 2. The van der Waals surface area contributed by atoms with E-state index in [2.05, 4.69) is 16.0 Å². The molecule has 45 heavy (non-hydrogen) atoms. The van der Waals surface area contributed by atoms with Crippen molar-refractivity contribution in [3.8, 4) is 11.5 Å². The second-order valence-electron chi connectivity index (χ2n) is 10.5. The summed E-state index contributed by atoms with van der Waals surface area (Å²) >= 11 is 0. The van der Waals surface area contributed by atoms with Crippen LogP contribution in [-0.4, -0.2) is 74.3 Å². The molecule has 4 atom stereocenters. The summed E-state index contributed by atoms with van der Waals surface area (Å²) in [5, 5.41) is 45.6. The van der Waals surface area contributed by atoms with E-state index in [0.717, 1.165) is 5.56 Å². The predicted molar refractivity (Wildman–Crippen MR) is 162 cm³/mol. The lowest BCUT2D eigenvalue weighted by Crippen LogP contribution is -2.58. The molecule has 3 aromatic carbocycles. The summed E-state index contributed by atoms with van der Waals surface area (Å²) < 4.78 is 0. The molecule has 3 aromatic rings. The molecule has 0 bridgehead atoms. The summed E-state index contributed by atoms with van der Waals surface area (Å²) in [4.78, 5) is 63.2. The maximum Gasteiger partial charge on any atom is 0.326 e. The van der Waals surface area contributed by atoms with Crippen LogP contribution < -0.4 is 21.7 Å². The third-order valence-electron chi connectivity index (χ3n) is 6.91. The summed E-state index contributed by atoms with van der Waals surface area (Å²) in [6.07, 6.45) is -0.885. The number of nitrogens with one attached hydrogen (secondary N) is 3. The molecule has 3 rings (SSSR count). The summed E-state index contributed by atoms with van der Waals surface area (Å²) in [5.74, 6) is -5.04. The van der Waals surface area contributed by atoms with Gasteiger partial charge in [0.25, 0.3) is 0 Å². The molecule has 0 heterocycles. The van der Waals surface area contributed by atoms with Crippen molar-refractivity contribution in [1.82, 2.24) is 16.0 Å². The van der Waals surface area contributed by atoms with E-state index in [-0.39, 0.29) is 37.2 Å². The number of carbonyl (C=O) groups excluding carboxylic acids is 3. The van der Waals surface area contributed by atoms with E-state index < -0.39 is 60.2 Å². The third-order valence-corrected chi connectivity index (χ3v) is 6.91. The molecule has 13 heteroatoms. The van der Waals surface area contributed by atoms with Gasteiger partial charge in [-0.25, -0.2) is 4.79 Å². The number of carbonyl (C=O) groups is 5. The second kappa shape index (κ2) is 16.4. The van der Waals surface area contributed by atoms with Gasteiger partial charge in [-0.05, 0) is 53.8 Å². The highest BCUT2D eigenvalue weighted by molar-refractivity contribution is 5.94. The monoisotopic (exact) mass is 620 g/mol. The average Bonchev–Trinajstić information content (AvgIpc) is 3.00. The van der Waals surface area contributed by atoms with Crippen molar-refractivity contribution in [2.75, 3.05) is 0 Å². The van der Waals surface area contributed by atoms with Crippen molar-refractivity contribution >= 4 is 29.7 Å². The maximum atomic E-state index is 13.5. The van der Waals surface area contributed by atoms with E-state index in [4.69, 9.17) is 5.73 Å². The highest BCUT2D eigenvalue weighted by Crippen LogP contribution is 2.14. The summed E-state index contributed by atoms with van der Waals surface area (Å²) in [5.41, 5.74) is 7.86. The molecular weight excluding hydrogens is 584 g/mol. The molecule has 0 aliphatic carbocycles. The van der Waals surface area contributed by atoms with Gasteiger partial charge in [-0.15, -0.1) is 0 Å². The molecule has 0 radical (unpaired) electrons. The van der Waals surface area contributed by atoms with Gasteiger partial charge in [0.1, 0.15) is 29.6 Å². The topological polar surface area (TPSA) is 228 Å². The molecular formula is C32H36N4O9. The van der Waals surface area contributed by atoms with Crippen LogP contribution in [0, 0.1) is 0 Å². The van der Waals surface area contributed by atoms with Crippen molar-refractivity contribution in [3.05, 3.63) is 95.6 Å². The Labute approximate surface area is 259 Å². The van der Waals surface area contributed by atoms with Crippen LogP contribution in [-0.2, 0) is 43.2 Å². The van der Waals surface area contributed by atoms with Gasteiger partial charge in [0.2, 0.25) is 17.7 Å². The predicted octanol–water partition coefficient (Wildman–Crippen LogP) is 0.857. The molecule has 4 unspecified atom stereocenters. The summed E-state index contributed by atoms with van der Waals surface area (Å²) in [6.45, 7) is 0. The first kappa shape index (κ1) is 34.1. The van der Waals surface area contributed by atoms with Crippen LogP contribution in [0.4, 0.5) is 0 Å². The van der Waals surface area contributed by atoms with Gasteiger partial charge in [0.05, 0.1) is 6.04 Å². The maximum absolute atomic E-state index is 13.5. The van der Waals surface area contributed by atoms with Gasteiger partial charge in [0, 0.05) is 19.3 Å². The first-order chi connectivity index (χ1) is 21.4. The fourth-order valence-corrected chi connectivity index (χ4v) is 4.47. The Morgan fingerprint density at radius 1 is 0.578 bits per heavy atom. The number of aliphatic carboxylic acids is 2. The van der Waals surface area contributed by atoms with Crippen LogP contribution >= 0.6 is 0 Å². The smallest absolute Gasteiger partial charge is 0.326 e. The summed E-state index contributed by atoms with van der Waals surface area (Å²) in [7, 11) is 0. The molecule has 238 valence electrons. The van der Waals surface area contributed by atoms with Gasteiger partial charge in [0.15, 0.2) is 0 Å². The molecule has 13 nitrogen and oxygen atoms in total. The SMILES string of the molecule is NC(Cc1ccccc1)C(=O)NC(CCC(=O)O)C(=O)NC(Cc1ccc(O)cc1)C(=O)NC(Cc1ccc(O)cc1)C(=O)O. The van der Waals surface area contributed by atoms with Gasteiger partial charge >= 0.3 is 11.9 Å². The van der Waals surface area contributed by atoms with Crippen LogP contribution in [0.5, 0.6) is 11.5 Å². The zero-order valence-corrected chi connectivity index (χ0v) is 24.3. The first-order valence-corrected chi connectivity index (χ1v) is 14.1. The minimum absolute atomic E-state index is 0.0168. The number of carboxylic acids is 2. The number of nitrogens with two attached hydrogens (primary N) is 1. The fourth-order valence-electron chi connectivity index (χ4n) is 4.47. The van der Waals surface area contributed by atoms with Crippen molar-refractivity contribution in [2.24, 2.45) is 5.73 Å². The lowest BCUT2D eigenvalue weighted by molar-refractivity contribution is -0.142. The fraction of sp³-hybridized carbons (Fsp3) is 0.281. The highest BCUT2D eigenvalue weighted by Gasteiger charge is 2.31. The van der Waals surface area contributed by atoms with Gasteiger partial charge in [-0.3, -0.25) is 19.2 Å². The van der Waals surface area contributed by atoms with Crippen LogP contribution in [0.25, 0.3) is 0 Å². The van der Waals surface area contributed by atoms with Crippen molar-refractivity contribution in [1.29, 1.82) is 0 Å². The minimum atomic E-state index is -1.40. The number of amides is 3. The average molecular weight is 621 g/mol. The minimum Gasteiger partial charge on any atom is -0.508 e. The molecule has 0 spiro atoms. The van der Waals surface area contributed by atoms with Crippen LogP contribution in [0.3, 0.4) is 0 Å². The van der Waals surface area contributed by atoms with Crippen molar-refractivity contribution in [3.63, 3.8) is 0 Å². The van der Waals surface area contributed by atoms with E-state index in [9.17, 15) is 44.4 Å². The Kier molecular flexibility index (Phi) is 12.4. The lowest BCUT2D eigenvalue weighted by atomic mass is 10.0. The molecule has 0 saturated heterocycles. The van der Waals surface area contributed by atoms with E-state index in [1.54, 1.807) is 30.3 Å². The molecule has 3 amide bonds. The summed E-state index contributed by atoms with van der Waals surface area (Å²) in [6, 6.07) is 15.3. The van der Waals surface area contributed by atoms with Gasteiger partial charge in [-0.2, -0.15) is 0 Å². The van der Waals surface area contributed by atoms with Gasteiger partial charge < -0.3 is 42.1 Å². The molecule has 0 aliphatic rings. The molecule has 0 saturated carbocycles. The van der Waals surface area contributed by atoms with Crippen LogP contribution in [0.1, 0.15) is 29.5 Å². The van der Waals surface area contributed by atoms with E-state index in [1.807, 2.05) is 0 Å². The van der Waals surface area contributed by atoms with Crippen molar-refractivity contribution in [2.45, 2.75) is 56.3 Å². The zero-order valence-electron chi connectivity index (χ0n) is 24.3. The number of hydrogen-bond donors (Lipinski definition) is 8. The number of rotatable bonds is 16. The third kappa shape index (κ3) is 11.3. The van der Waals surface area contributed by atoms with Crippen LogP contribution in [0.2, 0.25) is 0 Å². The normalized spacial score (nSPS) is 13.4. The molecule has 9 N–H and O–H groups in total. The Hall–Kier alpha value is -5.43. The Bertz CT molecular complexity index is 1460. The number of hydrogen-bond acceptors (Lipinski definition) is 8. The standard InChI is InChI=1S/C32H36N4O9/c33-24(16-19-4-2-1-3-5-19)29(41)34-25(14-15-28(39)40)30(42)35-26(17-20-6-10-22(37)11-7-20)31(43)36-27(32(44)45)18-21-8-12-23(38)13-9-21/h1-13,24-27,37-38H,14-18,33H2,(H,34,41)(H,35,42)(H,36,43)(H,39,40)(H,44,45).